The SMILES string of the molecule is CCCOc1ccc(Cl)c(CC)c1. The summed E-state index contributed by atoms with van der Waals surface area (Å²) >= 11 is 5.97. The van der Waals surface area contributed by atoms with Crippen LogP contribution in [0.4, 0.5) is 0 Å². The second-order valence-electron chi connectivity index (χ2n) is 2.96. The van der Waals surface area contributed by atoms with Crippen molar-refractivity contribution in [3.8, 4) is 5.75 Å². The highest BCUT2D eigenvalue weighted by Gasteiger charge is 2.00. The van der Waals surface area contributed by atoms with Crippen LogP contribution in [0.15, 0.2) is 18.2 Å². The van der Waals surface area contributed by atoms with Gasteiger partial charge in [-0.2, -0.15) is 0 Å². The van der Waals surface area contributed by atoms with Crippen LogP contribution in [0.25, 0.3) is 0 Å². The fourth-order valence-corrected chi connectivity index (χ4v) is 1.38. The van der Waals surface area contributed by atoms with Crippen molar-refractivity contribution in [2.24, 2.45) is 0 Å². The molecule has 0 aliphatic heterocycles. The molecule has 1 aromatic rings. The summed E-state index contributed by atoms with van der Waals surface area (Å²) < 4.78 is 5.49. The van der Waals surface area contributed by atoms with Crippen molar-refractivity contribution < 1.29 is 4.74 Å². The maximum Gasteiger partial charge on any atom is 0.119 e. The van der Waals surface area contributed by atoms with Gasteiger partial charge in [-0.05, 0) is 36.6 Å². The van der Waals surface area contributed by atoms with E-state index in [9.17, 15) is 0 Å². The number of benzene rings is 1. The summed E-state index contributed by atoms with van der Waals surface area (Å²) in [5, 5.41) is 0.825. The predicted octanol–water partition coefficient (Wildman–Crippen LogP) is 3.69. The normalized spacial score (nSPS) is 10.1. The molecule has 0 heterocycles. The molecule has 13 heavy (non-hydrogen) atoms. The summed E-state index contributed by atoms with van der Waals surface area (Å²) in [6.45, 7) is 4.95. The maximum atomic E-state index is 5.97. The molecule has 0 saturated carbocycles. The number of rotatable bonds is 4. The van der Waals surface area contributed by atoms with Gasteiger partial charge in [0, 0.05) is 5.02 Å². The molecule has 0 N–H and O–H groups in total. The lowest BCUT2D eigenvalue weighted by Crippen LogP contribution is -1.95. The van der Waals surface area contributed by atoms with Gasteiger partial charge in [0.2, 0.25) is 0 Å². The third kappa shape index (κ3) is 2.92. The molecule has 1 rings (SSSR count). The van der Waals surface area contributed by atoms with Crippen LogP contribution >= 0.6 is 11.6 Å². The molecule has 0 unspecified atom stereocenters. The minimum atomic E-state index is 0.769. The molecule has 0 bridgehead atoms. The van der Waals surface area contributed by atoms with Crippen LogP contribution in [0, 0.1) is 0 Å². The van der Waals surface area contributed by atoms with Gasteiger partial charge in [0.1, 0.15) is 5.75 Å². The largest absolute Gasteiger partial charge is 0.494 e. The molecular weight excluding hydrogens is 184 g/mol. The second kappa shape index (κ2) is 5.13. The van der Waals surface area contributed by atoms with E-state index in [1.807, 2.05) is 18.2 Å². The van der Waals surface area contributed by atoms with Gasteiger partial charge in [-0.3, -0.25) is 0 Å². The Balaban J connectivity index is 2.74. The molecule has 0 radical (unpaired) electrons. The number of ether oxygens (including phenoxy) is 1. The Hall–Kier alpha value is -0.690. The minimum Gasteiger partial charge on any atom is -0.494 e. The summed E-state index contributed by atoms with van der Waals surface area (Å²) in [7, 11) is 0. The highest BCUT2D eigenvalue weighted by molar-refractivity contribution is 6.31. The lowest BCUT2D eigenvalue weighted by molar-refractivity contribution is 0.317. The van der Waals surface area contributed by atoms with E-state index in [0.29, 0.717) is 0 Å². The van der Waals surface area contributed by atoms with Crippen LogP contribution in [-0.2, 0) is 6.42 Å². The molecule has 0 aliphatic rings. The first-order chi connectivity index (χ1) is 6.27. The van der Waals surface area contributed by atoms with Gasteiger partial charge in [0.25, 0.3) is 0 Å². The van der Waals surface area contributed by atoms with Crippen molar-refractivity contribution in [2.45, 2.75) is 26.7 Å². The summed E-state index contributed by atoms with van der Waals surface area (Å²) in [5.74, 6) is 0.920. The summed E-state index contributed by atoms with van der Waals surface area (Å²) in [4.78, 5) is 0. The Morgan fingerprint density at radius 3 is 2.69 bits per heavy atom. The molecule has 0 atom stereocenters. The highest BCUT2D eigenvalue weighted by atomic mass is 35.5. The second-order valence-corrected chi connectivity index (χ2v) is 3.36. The van der Waals surface area contributed by atoms with Crippen molar-refractivity contribution in [1.82, 2.24) is 0 Å². The molecule has 1 aromatic carbocycles. The van der Waals surface area contributed by atoms with E-state index in [-0.39, 0.29) is 0 Å². The molecule has 0 amide bonds. The van der Waals surface area contributed by atoms with Crippen LogP contribution in [0.1, 0.15) is 25.8 Å². The van der Waals surface area contributed by atoms with Crippen LogP contribution in [0.3, 0.4) is 0 Å². The van der Waals surface area contributed by atoms with Gasteiger partial charge in [0.05, 0.1) is 6.61 Å². The smallest absolute Gasteiger partial charge is 0.119 e. The lowest BCUT2D eigenvalue weighted by atomic mass is 10.1. The van der Waals surface area contributed by atoms with E-state index in [1.165, 1.54) is 0 Å². The quantitative estimate of drug-likeness (QED) is 0.717. The van der Waals surface area contributed by atoms with Gasteiger partial charge in [-0.15, -0.1) is 0 Å². The van der Waals surface area contributed by atoms with Crippen LogP contribution in [0.2, 0.25) is 5.02 Å². The minimum absolute atomic E-state index is 0.769. The van der Waals surface area contributed by atoms with E-state index in [1.54, 1.807) is 0 Å². The Morgan fingerprint density at radius 1 is 1.31 bits per heavy atom. The molecule has 0 fully saturated rings. The fraction of sp³-hybridized carbons (Fsp3) is 0.455. The van der Waals surface area contributed by atoms with Crippen molar-refractivity contribution in [1.29, 1.82) is 0 Å². The molecule has 1 nitrogen and oxygen atoms in total. The monoisotopic (exact) mass is 198 g/mol. The van der Waals surface area contributed by atoms with E-state index in [2.05, 4.69) is 13.8 Å². The molecule has 72 valence electrons. The number of hydrogen-bond donors (Lipinski definition) is 0. The third-order valence-corrected chi connectivity index (χ3v) is 2.24. The van der Waals surface area contributed by atoms with Gasteiger partial charge in [-0.1, -0.05) is 25.4 Å². The van der Waals surface area contributed by atoms with E-state index < -0.39 is 0 Å². The van der Waals surface area contributed by atoms with Crippen LogP contribution in [-0.4, -0.2) is 6.61 Å². The molecule has 0 aliphatic carbocycles. The molecule has 2 heteroatoms. The lowest BCUT2D eigenvalue weighted by Gasteiger charge is -2.07. The van der Waals surface area contributed by atoms with Crippen molar-refractivity contribution >= 4 is 11.6 Å². The molecule has 0 aromatic heterocycles. The van der Waals surface area contributed by atoms with Crippen LogP contribution < -0.4 is 4.74 Å². The average molecular weight is 199 g/mol. The first-order valence-corrected chi connectivity index (χ1v) is 5.07. The predicted molar refractivity (Wildman–Crippen MR) is 56.6 cm³/mol. The Kier molecular flexibility index (Phi) is 4.10. The standard InChI is InChI=1S/C11H15ClO/c1-3-7-13-10-5-6-11(12)9(4-2)8-10/h5-6,8H,3-4,7H2,1-2H3. The Morgan fingerprint density at radius 2 is 2.08 bits per heavy atom. The summed E-state index contributed by atoms with van der Waals surface area (Å²) in [6, 6.07) is 5.82. The maximum absolute atomic E-state index is 5.97. The first kappa shape index (κ1) is 10.4. The first-order valence-electron chi connectivity index (χ1n) is 4.69. The van der Waals surface area contributed by atoms with Gasteiger partial charge >= 0.3 is 0 Å². The topological polar surface area (TPSA) is 9.23 Å². The van der Waals surface area contributed by atoms with Crippen LogP contribution in [0.5, 0.6) is 5.75 Å². The number of aryl methyl sites for hydroxylation is 1. The molecule has 0 spiro atoms. The van der Waals surface area contributed by atoms with E-state index in [4.69, 9.17) is 16.3 Å². The molecule has 0 saturated heterocycles. The Labute approximate surface area is 84.7 Å². The molecular formula is C11H15ClO. The van der Waals surface area contributed by atoms with Gasteiger partial charge < -0.3 is 4.74 Å². The van der Waals surface area contributed by atoms with Crippen molar-refractivity contribution in [2.75, 3.05) is 6.61 Å². The fourth-order valence-electron chi connectivity index (χ4n) is 1.13. The number of halogens is 1. The third-order valence-electron chi connectivity index (χ3n) is 1.87. The zero-order valence-electron chi connectivity index (χ0n) is 8.14. The van der Waals surface area contributed by atoms with Crippen molar-refractivity contribution in [3.05, 3.63) is 28.8 Å². The van der Waals surface area contributed by atoms with Gasteiger partial charge in [-0.25, -0.2) is 0 Å². The summed E-state index contributed by atoms with van der Waals surface area (Å²) in [6.07, 6.45) is 1.98. The van der Waals surface area contributed by atoms with Gasteiger partial charge in [0.15, 0.2) is 0 Å². The Bertz CT molecular complexity index is 271. The van der Waals surface area contributed by atoms with Crippen molar-refractivity contribution in [3.63, 3.8) is 0 Å². The van der Waals surface area contributed by atoms with E-state index in [0.717, 1.165) is 35.8 Å². The van der Waals surface area contributed by atoms with E-state index >= 15 is 0 Å². The average Bonchev–Trinajstić information content (AvgIpc) is 2.16. The number of hydrogen-bond acceptors (Lipinski definition) is 1. The summed E-state index contributed by atoms with van der Waals surface area (Å²) in [5.41, 5.74) is 1.15. The zero-order chi connectivity index (χ0) is 9.68. The zero-order valence-corrected chi connectivity index (χ0v) is 8.90. The highest BCUT2D eigenvalue weighted by Crippen LogP contribution is 2.22.